The SMILES string of the molecule is CNC(=O)N(C)CCC1(C)OCCO1. The standard InChI is InChI=1S/C9H18N2O3/c1-9(13-6-7-14-9)4-5-11(3)8(12)10-2/h4-7H2,1-3H3,(H,10,12). The minimum atomic E-state index is -0.512. The summed E-state index contributed by atoms with van der Waals surface area (Å²) in [6.45, 7) is 3.80. The molecule has 1 rings (SSSR count). The largest absolute Gasteiger partial charge is 0.348 e. The van der Waals surface area contributed by atoms with Crippen LogP contribution in [0.3, 0.4) is 0 Å². The molecule has 0 spiro atoms. The van der Waals surface area contributed by atoms with E-state index in [4.69, 9.17) is 9.47 Å². The predicted molar refractivity (Wildman–Crippen MR) is 52.0 cm³/mol. The van der Waals surface area contributed by atoms with Crippen LogP contribution >= 0.6 is 0 Å². The molecule has 0 aromatic heterocycles. The molecule has 0 aromatic rings. The maximum absolute atomic E-state index is 11.2. The number of hydrogen-bond acceptors (Lipinski definition) is 3. The second-order valence-electron chi connectivity index (χ2n) is 3.56. The first-order valence-electron chi connectivity index (χ1n) is 4.78. The number of nitrogens with zero attached hydrogens (tertiary/aromatic N) is 1. The average Bonchev–Trinajstić information content (AvgIpc) is 2.61. The molecule has 5 nitrogen and oxygen atoms in total. The molecule has 0 aliphatic carbocycles. The maximum Gasteiger partial charge on any atom is 0.316 e. The Morgan fingerprint density at radius 1 is 1.50 bits per heavy atom. The minimum absolute atomic E-state index is 0.0911. The zero-order chi connectivity index (χ0) is 10.6. The highest BCUT2D eigenvalue weighted by Crippen LogP contribution is 2.22. The number of ether oxygens (including phenoxy) is 2. The van der Waals surface area contributed by atoms with Crippen molar-refractivity contribution in [2.45, 2.75) is 19.1 Å². The van der Waals surface area contributed by atoms with Gasteiger partial charge in [0.25, 0.3) is 0 Å². The molecule has 2 amide bonds. The van der Waals surface area contributed by atoms with E-state index in [0.717, 1.165) is 0 Å². The molecule has 5 heteroatoms. The summed E-state index contributed by atoms with van der Waals surface area (Å²) in [5.74, 6) is -0.512. The Kier molecular flexibility index (Phi) is 3.71. The van der Waals surface area contributed by atoms with Crippen LogP contribution in [0.4, 0.5) is 4.79 Å². The van der Waals surface area contributed by atoms with Gasteiger partial charge in [0.2, 0.25) is 0 Å². The van der Waals surface area contributed by atoms with Crippen molar-refractivity contribution >= 4 is 6.03 Å². The average molecular weight is 202 g/mol. The van der Waals surface area contributed by atoms with E-state index in [9.17, 15) is 4.79 Å². The summed E-state index contributed by atoms with van der Waals surface area (Å²) in [6.07, 6.45) is 0.691. The van der Waals surface area contributed by atoms with Crippen LogP contribution in [0.25, 0.3) is 0 Å². The third kappa shape index (κ3) is 2.85. The van der Waals surface area contributed by atoms with Crippen molar-refractivity contribution in [1.29, 1.82) is 0 Å². The normalized spacial score (nSPS) is 19.4. The summed E-state index contributed by atoms with van der Waals surface area (Å²) in [7, 11) is 3.36. The molecule has 14 heavy (non-hydrogen) atoms. The molecule has 0 aromatic carbocycles. The lowest BCUT2D eigenvalue weighted by molar-refractivity contribution is -0.147. The molecule has 1 aliphatic rings. The highest BCUT2D eigenvalue weighted by molar-refractivity contribution is 5.73. The van der Waals surface area contributed by atoms with Crippen molar-refractivity contribution < 1.29 is 14.3 Å². The first-order chi connectivity index (χ1) is 6.57. The van der Waals surface area contributed by atoms with E-state index in [1.807, 2.05) is 6.92 Å². The van der Waals surface area contributed by atoms with Gasteiger partial charge in [0.05, 0.1) is 13.2 Å². The number of carbonyl (C=O) groups excluding carboxylic acids is 1. The van der Waals surface area contributed by atoms with E-state index in [0.29, 0.717) is 26.2 Å². The van der Waals surface area contributed by atoms with E-state index >= 15 is 0 Å². The van der Waals surface area contributed by atoms with Crippen molar-refractivity contribution in [2.75, 3.05) is 33.9 Å². The first kappa shape index (κ1) is 11.3. The number of nitrogens with one attached hydrogen (secondary N) is 1. The summed E-state index contributed by atoms with van der Waals surface area (Å²) < 4.78 is 10.8. The molecule has 82 valence electrons. The quantitative estimate of drug-likeness (QED) is 0.721. The first-order valence-corrected chi connectivity index (χ1v) is 4.78. The zero-order valence-corrected chi connectivity index (χ0v) is 9.00. The number of carbonyl (C=O) groups is 1. The van der Waals surface area contributed by atoms with Crippen molar-refractivity contribution in [3.63, 3.8) is 0 Å². The lowest BCUT2D eigenvalue weighted by atomic mass is 10.2. The van der Waals surface area contributed by atoms with Crippen molar-refractivity contribution in [3.05, 3.63) is 0 Å². The van der Waals surface area contributed by atoms with Crippen LogP contribution < -0.4 is 5.32 Å². The summed E-state index contributed by atoms with van der Waals surface area (Å²) in [5, 5.41) is 2.56. The molecular formula is C9H18N2O3. The van der Waals surface area contributed by atoms with Gasteiger partial charge in [0.1, 0.15) is 0 Å². The van der Waals surface area contributed by atoms with Crippen LogP contribution in [0.1, 0.15) is 13.3 Å². The van der Waals surface area contributed by atoms with Gasteiger partial charge in [-0.3, -0.25) is 0 Å². The molecular weight excluding hydrogens is 184 g/mol. The van der Waals surface area contributed by atoms with Gasteiger partial charge in [-0.15, -0.1) is 0 Å². The van der Waals surface area contributed by atoms with E-state index in [1.165, 1.54) is 0 Å². The summed E-state index contributed by atoms with van der Waals surface area (Å²) >= 11 is 0. The van der Waals surface area contributed by atoms with Crippen molar-refractivity contribution in [3.8, 4) is 0 Å². The molecule has 0 bridgehead atoms. The smallest absolute Gasteiger partial charge is 0.316 e. The molecule has 1 aliphatic heterocycles. The van der Waals surface area contributed by atoms with Gasteiger partial charge in [-0.1, -0.05) is 0 Å². The summed E-state index contributed by atoms with van der Waals surface area (Å²) in [6, 6.07) is -0.0911. The number of rotatable bonds is 3. The maximum atomic E-state index is 11.2. The molecule has 1 N–H and O–H groups in total. The number of urea groups is 1. The number of amides is 2. The topological polar surface area (TPSA) is 50.8 Å². The third-order valence-corrected chi connectivity index (χ3v) is 2.36. The van der Waals surface area contributed by atoms with E-state index < -0.39 is 5.79 Å². The fourth-order valence-electron chi connectivity index (χ4n) is 1.36. The summed E-state index contributed by atoms with van der Waals surface area (Å²) in [5.41, 5.74) is 0. The van der Waals surface area contributed by atoms with Crippen LogP contribution in [0, 0.1) is 0 Å². The Morgan fingerprint density at radius 3 is 2.57 bits per heavy atom. The van der Waals surface area contributed by atoms with Gasteiger partial charge >= 0.3 is 6.03 Å². The Bertz CT molecular complexity index is 202. The van der Waals surface area contributed by atoms with Gasteiger partial charge in [-0.05, 0) is 6.92 Å². The van der Waals surface area contributed by atoms with E-state index in [-0.39, 0.29) is 6.03 Å². The fraction of sp³-hybridized carbons (Fsp3) is 0.889. The highest BCUT2D eigenvalue weighted by atomic mass is 16.7. The van der Waals surface area contributed by atoms with Crippen molar-refractivity contribution in [1.82, 2.24) is 10.2 Å². The lowest BCUT2D eigenvalue weighted by Gasteiger charge is -2.25. The molecule has 1 heterocycles. The Labute approximate surface area is 84.4 Å². The fourth-order valence-corrected chi connectivity index (χ4v) is 1.36. The highest BCUT2D eigenvalue weighted by Gasteiger charge is 2.31. The van der Waals surface area contributed by atoms with Gasteiger partial charge < -0.3 is 19.7 Å². The molecule has 0 saturated carbocycles. The monoisotopic (exact) mass is 202 g/mol. The zero-order valence-electron chi connectivity index (χ0n) is 9.00. The van der Waals surface area contributed by atoms with Crippen LogP contribution in [-0.4, -0.2) is 50.6 Å². The minimum Gasteiger partial charge on any atom is -0.348 e. The van der Waals surface area contributed by atoms with Crippen LogP contribution in [0.15, 0.2) is 0 Å². The molecule has 1 saturated heterocycles. The van der Waals surface area contributed by atoms with Crippen LogP contribution in [0.2, 0.25) is 0 Å². The lowest BCUT2D eigenvalue weighted by Crippen LogP contribution is -2.39. The Hall–Kier alpha value is -0.810. The second-order valence-corrected chi connectivity index (χ2v) is 3.56. The van der Waals surface area contributed by atoms with Gasteiger partial charge in [0, 0.05) is 27.1 Å². The molecule has 0 unspecified atom stereocenters. The summed E-state index contributed by atoms with van der Waals surface area (Å²) in [4.78, 5) is 12.8. The Morgan fingerprint density at radius 2 is 2.07 bits per heavy atom. The van der Waals surface area contributed by atoms with Gasteiger partial charge in [0.15, 0.2) is 5.79 Å². The number of hydrogen-bond donors (Lipinski definition) is 1. The third-order valence-electron chi connectivity index (χ3n) is 2.36. The predicted octanol–water partition coefficient (Wildman–Crippen LogP) is 0.411. The van der Waals surface area contributed by atoms with Crippen LogP contribution in [-0.2, 0) is 9.47 Å². The van der Waals surface area contributed by atoms with E-state index in [2.05, 4.69) is 5.32 Å². The van der Waals surface area contributed by atoms with Crippen LogP contribution in [0.5, 0.6) is 0 Å². The Balaban J connectivity index is 2.28. The molecule has 0 radical (unpaired) electrons. The van der Waals surface area contributed by atoms with Crippen molar-refractivity contribution in [2.24, 2.45) is 0 Å². The second kappa shape index (κ2) is 4.61. The van der Waals surface area contributed by atoms with Gasteiger partial charge in [-0.2, -0.15) is 0 Å². The van der Waals surface area contributed by atoms with E-state index in [1.54, 1.807) is 19.0 Å². The molecule has 1 fully saturated rings. The van der Waals surface area contributed by atoms with Gasteiger partial charge in [-0.25, -0.2) is 4.79 Å². The molecule has 0 atom stereocenters.